The molecule has 2 bridgehead atoms. The fraction of sp³-hybridized carbons (Fsp3) is 0.615. The number of carbonyl (C=O) groups excluding carboxylic acids is 1. The van der Waals surface area contributed by atoms with E-state index in [2.05, 4.69) is 10.2 Å². The van der Waals surface area contributed by atoms with Gasteiger partial charge in [0.25, 0.3) is 0 Å². The van der Waals surface area contributed by atoms with Crippen molar-refractivity contribution in [3.8, 4) is 0 Å². The van der Waals surface area contributed by atoms with Gasteiger partial charge < -0.3 is 14.8 Å². The van der Waals surface area contributed by atoms with Crippen LogP contribution in [-0.4, -0.2) is 34.5 Å². The van der Waals surface area contributed by atoms with Gasteiger partial charge in [-0.25, -0.2) is 0 Å². The molecule has 2 atom stereocenters. The maximum atomic E-state index is 11.5. The second-order valence-electron chi connectivity index (χ2n) is 5.09. The zero-order chi connectivity index (χ0) is 12.5. The van der Waals surface area contributed by atoms with Gasteiger partial charge in [-0.2, -0.15) is 0 Å². The van der Waals surface area contributed by atoms with Crippen LogP contribution in [0.25, 0.3) is 0 Å². The molecule has 2 aliphatic heterocycles. The van der Waals surface area contributed by atoms with Gasteiger partial charge in [0, 0.05) is 25.0 Å². The third-order valence-electron chi connectivity index (χ3n) is 3.94. The van der Waals surface area contributed by atoms with Gasteiger partial charge in [0.1, 0.15) is 18.1 Å². The molecule has 18 heavy (non-hydrogen) atoms. The van der Waals surface area contributed by atoms with Gasteiger partial charge >= 0.3 is 0 Å². The van der Waals surface area contributed by atoms with Gasteiger partial charge in [0.2, 0.25) is 5.91 Å². The van der Waals surface area contributed by atoms with E-state index in [1.165, 1.54) is 0 Å². The van der Waals surface area contributed by atoms with Crippen LogP contribution in [0.5, 0.6) is 0 Å². The van der Waals surface area contributed by atoms with Crippen LogP contribution in [0.4, 0.5) is 0 Å². The zero-order valence-corrected chi connectivity index (χ0v) is 10.3. The van der Waals surface area contributed by atoms with E-state index in [0.29, 0.717) is 24.3 Å². The van der Waals surface area contributed by atoms with E-state index in [9.17, 15) is 4.79 Å². The number of rotatable bonds is 3. The molecule has 0 unspecified atom stereocenters. The van der Waals surface area contributed by atoms with E-state index < -0.39 is 0 Å². The summed E-state index contributed by atoms with van der Waals surface area (Å²) in [7, 11) is 0. The Balaban J connectivity index is 1.73. The van der Waals surface area contributed by atoms with E-state index in [1.807, 2.05) is 6.07 Å². The summed E-state index contributed by atoms with van der Waals surface area (Å²) < 4.78 is 5.53. The first-order chi connectivity index (χ1) is 8.76. The lowest BCUT2D eigenvalue weighted by Gasteiger charge is -2.25. The third kappa shape index (κ3) is 2.15. The molecule has 2 N–H and O–H groups in total. The summed E-state index contributed by atoms with van der Waals surface area (Å²) in [4.78, 5) is 13.9. The standard InChI is InChI=1S/C13H18N2O3/c16-8-12-4-3-11(18-12)7-15-9-1-2-10(15)6-14-13(17)5-9/h3-4,9-10,16H,1-2,5-8H2,(H,14,17)/t9-,10+/m1/s1. The lowest BCUT2D eigenvalue weighted by atomic mass is 10.1. The van der Waals surface area contributed by atoms with Crippen LogP contribution >= 0.6 is 0 Å². The monoisotopic (exact) mass is 250 g/mol. The minimum atomic E-state index is -0.0626. The quantitative estimate of drug-likeness (QED) is 0.825. The second-order valence-corrected chi connectivity index (χ2v) is 5.09. The molecule has 3 rings (SSSR count). The number of hydrogen-bond donors (Lipinski definition) is 2. The van der Waals surface area contributed by atoms with Crippen molar-refractivity contribution in [3.63, 3.8) is 0 Å². The Labute approximate surface area is 106 Å². The third-order valence-corrected chi connectivity index (χ3v) is 3.94. The molecular formula is C13H18N2O3. The van der Waals surface area contributed by atoms with Gasteiger partial charge in [0.05, 0.1) is 6.54 Å². The van der Waals surface area contributed by atoms with Crippen LogP contribution in [0.3, 0.4) is 0 Å². The van der Waals surface area contributed by atoms with Crippen molar-refractivity contribution < 1.29 is 14.3 Å². The second kappa shape index (κ2) is 4.74. The van der Waals surface area contributed by atoms with Gasteiger partial charge in [-0.05, 0) is 25.0 Å². The molecule has 0 aliphatic carbocycles. The SMILES string of the molecule is O=C1C[C@H]2CC[C@@H](CN1)N2Cc1ccc(CO)o1. The molecule has 1 aromatic rings. The number of hydrogen-bond acceptors (Lipinski definition) is 4. The van der Waals surface area contributed by atoms with Crippen LogP contribution in [0.1, 0.15) is 30.8 Å². The normalized spacial score (nSPS) is 28.2. The summed E-state index contributed by atoms with van der Waals surface area (Å²) in [6.07, 6.45) is 2.81. The molecule has 1 aromatic heterocycles. The molecule has 2 saturated heterocycles. The summed E-state index contributed by atoms with van der Waals surface area (Å²) in [6, 6.07) is 4.47. The first-order valence-electron chi connectivity index (χ1n) is 6.47. The highest BCUT2D eigenvalue weighted by Crippen LogP contribution is 2.30. The number of carbonyl (C=O) groups is 1. The van der Waals surface area contributed by atoms with Gasteiger partial charge in [-0.1, -0.05) is 0 Å². The summed E-state index contributed by atoms with van der Waals surface area (Å²) in [5.74, 6) is 1.62. The first-order valence-corrected chi connectivity index (χ1v) is 6.47. The smallest absolute Gasteiger partial charge is 0.221 e. The van der Waals surface area contributed by atoms with E-state index >= 15 is 0 Å². The number of nitrogens with one attached hydrogen (secondary N) is 1. The minimum absolute atomic E-state index is 0.0626. The molecule has 0 radical (unpaired) electrons. The molecule has 1 amide bonds. The van der Waals surface area contributed by atoms with Crippen LogP contribution < -0.4 is 5.32 Å². The Hall–Kier alpha value is -1.33. The maximum absolute atomic E-state index is 11.5. The number of amides is 1. The van der Waals surface area contributed by atoms with Crippen LogP contribution in [0.2, 0.25) is 0 Å². The summed E-state index contributed by atoms with van der Waals surface area (Å²) in [5.41, 5.74) is 0. The fourth-order valence-electron chi connectivity index (χ4n) is 3.00. The van der Waals surface area contributed by atoms with Crippen molar-refractivity contribution in [2.24, 2.45) is 0 Å². The largest absolute Gasteiger partial charge is 0.462 e. The topological polar surface area (TPSA) is 65.7 Å². The lowest BCUT2D eigenvalue weighted by molar-refractivity contribution is -0.121. The Morgan fingerprint density at radius 2 is 2.11 bits per heavy atom. The van der Waals surface area contributed by atoms with Crippen LogP contribution in [0.15, 0.2) is 16.5 Å². The summed E-state index contributed by atoms with van der Waals surface area (Å²) >= 11 is 0. The Bertz CT molecular complexity index is 443. The number of fused-ring (bicyclic) bond motifs is 2. The predicted molar refractivity (Wildman–Crippen MR) is 64.6 cm³/mol. The molecule has 0 saturated carbocycles. The molecule has 3 heterocycles. The lowest BCUT2D eigenvalue weighted by Crippen LogP contribution is -2.37. The molecule has 2 fully saturated rings. The Morgan fingerprint density at radius 1 is 1.33 bits per heavy atom. The fourth-order valence-corrected chi connectivity index (χ4v) is 3.00. The van der Waals surface area contributed by atoms with Crippen LogP contribution in [-0.2, 0) is 17.9 Å². The van der Waals surface area contributed by atoms with Crippen LogP contribution in [0, 0.1) is 0 Å². The van der Waals surface area contributed by atoms with Crippen molar-refractivity contribution >= 4 is 5.91 Å². The summed E-state index contributed by atoms with van der Waals surface area (Å²) in [5, 5.41) is 11.9. The van der Waals surface area contributed by atoms with E-state index in [-0.39, 0.29) is 12.5 Å². The van der Waals surface area contributed by atoms with Crippen molar-refractivity contribution in [3.05, 3.63) is 23.7 Å². The number of furan rings is 1. The molecular weight excluding hydrogens is 232 g/mol. The summed E-state index contributed by atoms with van der Waals surface area (Å²) in [6.45, 7) is 1.40. The molecule has 2 aliphatic rings. The predicted octanol–water partition coefficient (Wildman–Crippen LogP) is 0.625. The molecule has 0 spiro atoms. The molecule has 5 nitrogen and oxygen atoms in total. The number of aliphatic hydroxyl groups excluding tert-OH is 1. The molecule has 5 heteroatoms. The highest BCUT2D eigenvalue weighted by molar-refractivity contribution is 5.77. The van der Waals surface area contributed by atoms with E-state index in [1.54, 1.807) is 6.07 Å². The Kier molecular flexibility index (Phi) is 3.09. The number of nitrogens with zero attached hydrogens (tertiary/aromatic N) is 1. The molecule has 98 valence electrons. The minimum Gasteiger partial charge on any atom is -0.462 e. The van der Waals surface area contributed by atoms with Gasteiger partial charge in [-0.15, -0.1) is 0 Å². The highest BCUT2D eigenvalue weighted by atomic mass is 16.4. The van der Waals surface area contributed by atoms with Gasteiger partial charge in [-0.3, -0.25) is 9.69 Å². The average molecular weight is 250 g/mol. The van der Waals surface area contributed by atoms with Crippen molar-refractivity contribution in [1.82, 2.24) is 10.2 Å². The van der Waals surface area contributed by atoms with E-state index in [4.69, 9.17) is 9.52 Å². The van der Waals surface area contributed by atoms with Crippen molar-refractivity contribution in [2.75, 3.05) is 6.54 Å². The van der Waals surface area contributed by atoms with E-state index in [0.717, 1.165) is 31.7 Å². The van der Waals surface area contributed by atoms with Gasteiger partial charge in [0.15, 0.2) is 0 Å². The van der Waals surface area contributed by atoms with Crippen molar-refractivity contribution in [1.29, 1.82) is 0 Å². The zero-order valence-electron chi connectivity index (χ0n) is 10.3. The maximum Gasteiger partial charge on any atom is 0.221 e. The first kappa shape index (κ1) is 11.7. The number of aliphatic hydroxyl groups is 1. The average Bonchev–Trinajstić information content (AvgIpc) is 2.90. The highest BCUT2D eigenvalue weighted by Gasteiger charge is 2.37. The Morgan fingerprint density at radius 3 is 2.89 bits per heavy atom. The molecule has 0 aromatic carbocycles. The van der Waals surface area contributed by atoms with Crippen molar-refractivity contribution in [2.45, 2.75) is 44.5 Å².